The first-order valence-electron chi connectivity index (χ1n) is 10.0. The normalized spacial score (nSPS) is 12.0. The van der Waals surface area contributed by atoms with Gasteiger partial charge >= 0.3 is 0 Å². The van der Waals surface area contributed by atoms with Gasteiger partial charge in [-0.25, -0.2) is 13.4 Å². The Kier molecular flexibility index (Phi) is 7.32. The summed E-state index contributed by atoms with van der Waals surface area (Å²) in [5.74, 6) is 1.17. The zero-order valence-electron chi connectivity index (χ0n) is 18.0. The standard InChI is InChI=1S/C23H25N3O5S/c1-4-16(2)25-23(27)17-5-14-22(24-15-17)31-20-8-6-18(7-9-20)26-32(28,29)21-12-10-19(30-3)11-13-21/h5-16,26H,4H2,1-3H3,(H,25,27)/t16-/m1/s1. The van der Waals surface area contributed by atoms with Crippen molar-refractivity contribution in [1.82, 2.24) is 10.3 Å². The number of benzene rings is 2. The van der Waals surface area contributed by atoms with Gasteiger partial charge in [0, 0.05) is 24.0 Å². The molecule has 0 saturated heterocycles. The predicted octanol–water partition coefficient (Wildman–Crippen LogP) is 4.21. The van der Waals surface area contributed by atoms with E-state index in [0.717, 1.165) is 6.42 Å². The Hall–Kier alpha value is -3.59. The average molecular weight is 456 g/mol. The first-order valence-corrected chi connectivity index (χ1v) is 11.5. The molecule has 3 rings (SSSR count). The summed E-state index contributed by atoms with van der Waals surface area (Å²) in [7, 11) is -2.22. The molecule has 1 atom stereocenters. The van der Waals surface area contributed by atoms with Crippen LogP contribution in [0.5, 0.6) is 17.4 Å². The predicted molar refractivity (Wildman–Crippen MR) is 122 cm³/mol. The third-order valence-electron chi connectivity index (χ3n) is 4.69. The molecule has 1 aromatic heterocycles. The minimum absolute atomic E-state index is 0.0825. The maximum atomic E-state index is 12.5. The van der Waals surface area contributed by atoms with E-state index in [4.69, 9.17) is 9.47 Å². The van der Waals surface area contributed by atoms with Crippen LogP contribution in [0.25, 0.3) is 0 Å². The lowest BCUT2D eigenvalue weighted by Gasteiger charge is -2.11. The highest BCUT2D eigenvalue weighted by molar-refractivity contribution is 7.92. The lowest BCUT2D eigenvalue weighted by atomic mass is 10.2. The lowest BCUT2D eigenvalue weighted by molar-refractivity contribution is 0.0939. The van der Waals surface area contributed by atoms with E-state index in [-0.39, 0.29) is 16.8 Å². The van der Waals surface area contributed by atoms with Gasteiger partial charge in [-0.2, -0.15) is 0 Å². The number of aromatic nitrogens is 1. The number of nitrogens with zero attached hydrogens (tertiary/aromatic N) is 1. The van der Waals surface area contributed by atoms with Crippen molar-refractivity contribution in [3.63, 3.8) is 0 Å². The molecule has 8 nitrogen and oxygen atoms in total. The Morgan fingerprint density at radius 3 is 2.22 bits per heavy atom. The highest BCUT2D eigenvalue weighted by Crippen LogP contribution is 2.24. The first-order chi connectivity index (χ1) is 15.3. The Bertz CT molecular complexity index is 1150. The van der Waals surface area contributed by atoms with Crippen molar-refractivity contribution < 1.29 is 22.7 Å². The van der Waals surface area contributed by atoms with Gasteiger partial charge in [0.15, 0.2) is 0 Å². The molecule has 168 valence electrons. The van der Waals surface area contributed by atoms with E-state index < -0.39 is 10.0 Å². The van der Waals surface area contributed by atoms with Crippen molar-refractivity contribution in [3.8, 4) is 17.4 Å². The third kappa shape index (κ3) is 5.98. The molecular weight excluding hydrogens is 430 g/mol. The van der Waals surface area contributed by atoms with Crippen LogP contribution >= 0.6 is 0 Å². The molecule has 0 fully saturated rings. The maximum absolute atomic E-state index is 12.5. The summed E-state index contributed by atoms with van der Waals surface area (Å²) in [6.45, 7) is 3.93. The number of amides is 1. The molecule has 3 aromatic rings. The number of carbonyl (C=O) groups excluding carboxylic acids is 1. The van der Waals surface area contributed by atoms with Crippen LogP contribution in [0.1, 0.15) is 30.6 Å². The van der Waals surface area contributed by atoms with Crippen molar-refractivity contribution in [3.05, 3.63) is 72.4 Å². The first kappa shape index (κ1) is 23.1. The number of pyridine rings is 1. The fraction of sp³-hybridized carbons (Fsp3) is 0.217. The van der Waals surface area contributed by atoms with Crippen molar-refractivity contribution in [2.24, 2.45) is 0 Å². The quantitative estimate of drug-likeness (QED) is 0.501. The Labute approximate surface area is 187 Å². The largest absolute Gasteiger partial charge is 0.497 e. The summed E-state index contributed by atoms with van der Waals surface area (Å²) < 4.78 is 38.3. The molecular formula is C23H25N3O5S. The van der Waals surface area contributed by atoms with Crippen LogP contribution in [-0.4, -0.2) is 32.5 Å². The van der Waals surface area contributed by atoms with Gasteiger partial charge in [0.25, 0.3) is 15.9 Å². The second kappa shape index (κ2) is 10.1. The number of anilines is 1. The highest BCUT2D eigenvalue weighted by atomic mass is 32.2. The SMILES string of the molecule is CC[C@@H](C)NC(=O)c1ccc(Oc2ccc(NS(=O)(=O)c3ccc(OC)cc3)cc2)nc1. The number of hydrogen-bond donors (Lipinski definition) is 2. The van der Waals surface area contributed by atoms with Crippen LogP contribution in [0.15, 0.2) is 71.8 Å². The van der Waals surface area contributed by atoms with Gasteiger partial charge in [0.2, 0.25) is 5.88 Å². The van der Waals surface area contributed by atoms with Crippen LogP contribution in [0.3, 0.4) is 0 Å². The van der Waals surface area contributed by atoms with E-state index >= 15 is 0 Å². The molecule has 0 aliphatic heterocycles. The highest BCUT2D eigenvalue weighted by Gasteiger charge is 2.14. The fourth-order valence-electron chi connectivity index (χ4n) is 2.66. The van der Waals surface area contributed by atoms with Crippen LogP contribution in [0, 0.1) is 0 Å². The number of hydrogen-bond acceptors (Lipinski definition) is 6. The summed E-state index contributed by atoms with van der Waals surface area (Å²) in [5, 5.41) is 2.88. The van der Waals surface area contributed by atoms with Crippen molar-refractivity contribution in [2.45, 2.75) is 31.2 Å². The molecule has 9 heteroatoms. The monoisotopic (exact) mass is 455 g/mol. The summed E-state index contributed by atoms with van der Waals surface area (Å²) in [6.07, 6.45) is 2.29. The van der Waals surface area contributed by atoms with Gasteiger partial charge in [0.05, 0.1) is 17.6 Å². The van der Waals surface area contributed by atoms with Crippen LogP contribution in [-0.2, 0) is 10.0 Å². The summed E-state index contributed by atoms with van der Waals surface area (Å²) in [4.78, 5) is 16.4. The Morgan fingerprint density at radius 1 is 1.00 bits per heavy atom. The van der Waals surface area contributed by atoms with E-state index in [0.29, 0.717) is 28.6 Å². The molecule has 1 heterocycles. The molecule has 0 unspecified atom stereocenters. The van der Waals surface area contributed by atoms with Crippen LogP contribution in [0.4, 0.5) is 5.69 Å². The van der Waals surface area contributed by atoms with Gasteiger partial charge in [-0.1, -0.05) is 6.92 Å². The van der Waals surface area contributed by atoms with E-state index in [1.807, 2.05) is 13.8 Å². The zero-order valence-corrected chi connectivity index (χ0v) is 18.8. The van der Waals surface area contributed by atoms with E-state index in [1.54, 1.807) is 48.5 Å². The van der Waals surface area contributed by atoms with Gasteiger partial charge in [-0.15, -0.1) is 0 Å². The zero-order chi connectivity index (χ0) is 23.1. The van der Waals surface area contributed by atoms with Gasteiger partial charge in [-0.05, 0) is 67.9 Å². The lowest BCUT2D eigenvalue weighted by Crippen LogP contribution is -2.31. The second-order valence-electron chi connectivity index (χ2n) is 7.08. The number of rotatable bonds is 9. The molecule has 0 aliphatic rings. The number of sulfonamides is 1. The Morgan fingerprint density at radius 2 is 1.66 bits per heavy atom. The molecule has 2 N–H and O–H groups in total. The third-order valence-corrected chi connectivity index (χ3v) is 6.08. The van der Waals surface area contributed by atoms with Crippen molar-refractivity contribution >= 4 is 21.6 Å². The molecule has 32 heavy (non-hydrogen) atoms. The second-order valence-corrected chi connectivity index (χ2v) is 8.76. The number of methoxy groups -OCH3 is 1. The molecule has 0 bridgehead atoms. The summed E-state index contributed by atoms with van der Waals surface area (Å²) in [5.41, 5.74) is 0.833. The minimum Gasteiger partial charge on any atom is -0.497 e. The van der Waals surface area contributed by atoms with E-state index in [1.165, 1.54) is 25.4 Å². The van der Waals surface area contributed by atoms with Gasteiger partial charge in [-0.3, -0.25) is 9.52 Å². The van der Waals surface area contributed by atoms with E-state index in [2.05, 4.69) is 15.0 Å². The smallest absolute Gasteiger partial charge is 0.261 e. The summed E-state index contributed by atoms with van der Waals surface area (Å²) in [6, 6.07) is 15.8. The summed E-state index contributed by atoms with van der Waals surface area (Å²) >= 11 is 0. The fourth-order valence-corrected chi connectivity index (χ4v) is 3.72. The molecule has 0 spiro atoms. The van der Waals surface area contributed by atoms with Crippen molar-refractivity contribution in [2.75, 3.05) is 11.8 Å². The van der Waals surface area contributed by atoms with Crippen molar-refractivity contribution in [1.29, 1.82) is 0 Å². The topological polar surface area (TPSA) is 107 Å². The van der Waals surface area contributed by atoms with Crippen LogP contribution < -0.4 is 19.5 Å². The molecule has 0 radical (unpaired) electrons. The number of nitrogens with one attached hydrogen (secondary N) is 2. The number of ether oxygens (including phenoxy) is 2. The molecule has 0 aliphatic carbocycles. The van der Waals surface area contributed by atoms with Gasteiger partial charge < -0.3 is 14.8 Å². The average Bonchev–Trinajstić information content (AvgIpc) is 2.80. The maximum Gasteiger partial charge on any atom is 0.261 e. The minimum atomic E-state index is -3.73. The number of carbonyl (C=O) groups is 1. The Balaban J connectivity index is 1.62. The molecule has 1 amide bonds. The van der Waals surface area contributed by atoms with Crippen LogP contribution in [0.2, 0.25) is 0 Å². The van der Waals surface area contributed by atoms with E-state index in [9.17, 15) is 13.2 Å². The molecule has 0 saturated carbocycles. The van der Waals surface area contributed by atoms with Gasteiger partial charge in [0.1, 0.15) is 11.5 Å². The molecule has 2 aromatic carbocycles.